The van der Waals surface area contributed by atoms with E-state index in [9.17, 15) is 4.79 Å². The Balaban J connectivity index is 1.49. The van der Waals surface area contributed by atoms with Crippen LogP contribution in [0.3, 0.4) is 0 Å². The van der Waals surface area contributed by atoms with E-state index in [1.54, 1.807) is 0 Å². The summed E-state index contributed by atoms with van der Waals surface area (Å²) < 4.78 is 16.5. The number of benzene rings is 1. The Labute approximate surface area is 131 Å². The van der Waals surface area contributed by atoms with Gasteiger partial charge in [0.1, 0.15) is 13.2 Å². The first-order valence-corrected chi connectivity index (χ1v) is 8.00. The number of ether oxygens (including phenoxy) is 3. The lowest BCUT2D eigenvalue weighted by Crippen LogP contribution is -2.47. The molecule has 1 amide bonds. The average Bonchev–Trinajstić information content (AvgIpc) is 2.55. The summed E-state index contributed by atoms with van der Waals surface area (Å²) in [5.74, 6) is 1.86. The smallest absolute Gasteiger partial charge is 0.222 e. The van der Waals surface area contributed by atoms with Crippen LogP contribution in [-0.2, 0) is 16.0 Å². The Morgan fingerprint density at radius 2 is 2.05 bits per heavy atom. The maximum absolute atomic E-state index is 12.3. The maximum Gasteiger partial charge on any atom is 0.222 e. The second-order valence-electron chi connectivity index (χ2n) is 5.84. The Bertz CT molecular complexity index is 531. The number of carbonyl (C=O) groups excluding carboxylic acids is 1. The van der Waals surface area contributed by atoms with E-state index in [-0.39, 0.29) is 11.9 Å². The molecule has 1 fully saturated rings. The highest BCUT2D eigenvalue weighted by atomic mass is 16.6. The third kappa shape index (κ3) is 3.53. The molecule has 5 heteroatoms. The fourth-order valence-corrected chi connectivity index (χ4v) is 2.93. The molecule has 0 spiro atoms. The summed E-state index contributed by atoms with van der Waals surface area (Å²) in [6, 6.07) is 6.22. The number of aryl methyl sites for hydroxylation is 1. The molecule has 0 N–H and O–H groups in total. The van der Waals surface area contributed by atoms with Gasteiger partial charge < -0.3 is 19.1 Å². The van der Waals surface area contributed by atoms with Crippen molar-refractivity contribution in [3.8, 4) is 11.5 Å². The van der Waals surface area contributed by atoms with E-state index in [0.717, 1.165) is 24.3 Å². The van der Waals surface area contributed by atoms with Crippen LogP contribution < -0.4 is 9.47 Å². The number of amides is 1. The molecule has 1 unspecified atom stereocenters. The van der Waals surface area contributed by atoms with Gasteiger partial charge >= 0.3 is 0 Å². The highest BCUT2D eigenvalue weighted by Gasteiger charge is 2.23. The highest BCUT2D eigenvalue weighted by molar-refractivity contribution is 5.76. The normalized spacial score (nSPS) is 20.8. The molecular formula is C17H23NO4. The van der Waals surface area contributed by atoms with E-state index in [1.807, 2.05) is 24.0 Å². The molecule has 0 aromatic heterocycles. The standard InChI is InChI=1S/C17H23NO4/c1-13-12-20-8-7-18(13)17(19)4-2-3-14-5-6-15-16(11-14)22-10-9-21-15/h5-6,11,13H,2-4,7-10,12H2,1H3. The summed E-state index contributed by atoms with van der Waals surface area (Å²) in [7, 11) is 0. The molecule has 0 aliphatic carbocycles. The van der Waals surface area contributed by atoms with Crippen molar-refractivity contribution < 1.29 is 19.0 Å². The third-order valence-corrected chi connectivity index (χ3v) is 4.15. The molecule has 22 heavy (non-hydrogen) atoms. The van der Waals surface area contributed by atoms with Crippen molar-refractivity contribution in [2.24, 2.45) is 0 Å². The summed E-state index contributed by atoms with van der Waals surface area (Å²) in [6.45, 7) is 5.26. The van der Waals surface area contributed by atoms with Gasteiger partial charge in [-0.3, -0.25) is 4.79 Å². The zero-order valence-electron chi connectivity index (χ0n) is 13.0. The zero-order chi connectivity index (χ0) is 15.4. The fraction of sp³-hybridized carbons (Fsp3) is 0.588. The second-order valence-corrected chi connectivity index (χ2v) is 5.84. The predicted molar refractivity (Wildman–Crippen MR) is 82.4 cm³/mol. The number of nitrogens with zero attached hydrogens (tertiary/aromatic N) is 1. The van der Waals surface area contributed by atoms with E-state index in [0.29, 0.717) is 39.4 Å². The largest absolute Gasteiger partial charge is 0.486 e. The van der Waals surface area contributed by atoms with Crippen LogP contribution in [0.15, 0.2) is 18.2 Å². The van der Waals surface area contributed by atoms with E-state index in [2.05, 4.69) is 6.07 Å². The first-order valence-electron chi connectivity index (χ1n) is 8.00. The van der Waals surface area contributed by atoms with Crippen molar-refractivity contribution in [3.63, 3.8) is 0 Å². The molecule has 1 saturated heterocycles. The van der Waals surface area contributed by atoms with Crippen molar-refractivity contribution in [1.29, 1.82) is 0 Å². The van der Waals surface area contributed by atoms with Gasteiger partial charge in [0.2, 0.25) is 5.91 Å². The van der Waals surface area contributed by atoms with Crippen LogP contribution in [0, 0.1) is 0 Å². The molecule has 2 aliphatic rings. The molecule has 3 rings (SSSR count). The van der Waals surface area contributed by atoms with Gasteiger partial charge in [-0.15, -0.1) is 0 Å². The van der Waals surface area contributed by atoms with Gasteiger partial charge in [0, 0.05) is 13.0 Å². The lowest BCUT2D eigenvalue weighted by atomic mass is 10.1. The van der Waals surface area contributed by atoms with Crippen LogP contribution >= 0.6 is 0 Å². The number of morpholine rings is 1. The van der Waals surface area contributed by atoms with Crippen LogP contribution in [-0.4, -0.2) is 49.8 Å². The number of fused-ring (bicyclic) bond motifs is 1. The van der Waals surface area contributed by atoms with Crippen molar-refractivity contribution in [1.82, 2.24) is 4.90 Å². The topological polar surface area (TPSA) is 48.0 Å². The Morgan fingerprint density at radius 3 is 2.86 bits per heavy atom. The van der Waals surface area contributed by atoms with Gasteiger partial charge in [-0.25, -0.2) is 0 Å². The van der Waals surface area contributed by atoms with Crippen molar-refractivity contribution in [3.05, 3.63) is 23.8 Å². The van der Waals surface area contributed by atoms with Crippen LogP contribution in [0.4, 0.5) is 0 Å². The SMILES string of the molecule is CC1COCCN1C(=O)CCCc1ccc2c(c1)OCCO2. The minimum absolute atomic E-state index is 0.190. The molecule has 1 aromatic rings. The second kappa shape index (κ2) is 7.01. The molecule has 5 nitrogen and oxygen atoms in total. The van der Waals surface area contributed by atoms with Crippen molar-refractivity contribution in [2.75, 3.05) is 33.0 Å². The fourth-order valence-electron chi connectivity index (χ4n) is 2.93. The number of carbonyl (C=O) groups is 1. The average molecular weight is 305 g/mol. The van der Waals surface area contributed by atoms with E-state index in [1.165, 1.54) is 5.56 Å². The zero-order valence-corrected chi connectivity index (χ0v) is 13.0. The van der Waals surface area contributed by atoms with Gasteiger partial charge in [-0.1, -0.05) is 6.07 Å². The summed E-state index contributed by atoms with van der Waals surface area (Å²) in [6.07, 6.45) is 2.31. The van der Waals surface area contributed by atoms with E-state index < -0.39 is 0 Å². The first kappa shape index (κ1) is 15.2. The van der Waals surface area contributed by atoms with Crippen molar-refractivity contribution in [2.45, 2.75) is 32.2 Å². The predicted octanol–water partition coefficient (Wildman–Crippen LogP) is 2.03. The van der Waals surface area contributed by atoms with Gasteiger partial charge in [0.15, 0.2) is 11.5 Å². The van der Waals surface area contributed by atoms with Gasteiger partial charge in [0.25, 0.3) is 0 Å². The minimum Gasteiger partial charge on any atom is -0.486 e. The highest BCUT2D eigenvalue weighted by Crippen LogP contribution is 2.31. The monoisotopic (exact) mass is 305 g/mol. The van der Waals surface area contributed by atoms with E-state index >= 15 is 0 Å². The molecule has 120 valence electrons. The summed E-state index contributed by atoms with van der Waals surface area (Å²) in [4.78, 5) is 14.2. The number of rotatable bonds is 4. The molecule has 1 aromatic carbocycles. The number of hydrogen-bond acceptors (Lipinski definition) is 4. The maximum atomic E-state index is 12.3. The quantitative estimate of drug-likeness (QED) is 0.854. The molecule has 2 heterocycles. The van der Waals surface area contributed by atoms with Crippen LogP contribution in [0.25, 0.3) is 0 Å². The van der Waals surface area contributed by atoms with Crippen molar-refractivity contribution >= 4 is 5.91 Å². The van der Waals surface area contributed by atoms with Crippen LogP contribution in [0.5, 0.6) is 11.5 Å². The Morgan fingerprint density at radius 1 is 1.23 bits per heavy atom. The van der Waals surface area contributed by atoms with Crippen LogP contribution in [0.1, 0.15) is 25.3 Å². The van der Waals surface area contributed by atoms with Gasteiger partial charge in [-0.05, 0) is 37.5 Å². The Hall–Kier alpha value is -1.75. The minimum atomic E-state index is 0.190. The van der Waals surface area contributed by atoms with Crippen LogP contribution in [0.2, 0.25) is 0 Å². The molecule has 1 atom stereocenters. The molecular weight excluding hydrogens is 282 g/mol. The third-order valence-electron chi connectivity index (χ3n) is 4.15. The molecule has 0 radical (unpaired) electrons. The summed E-state index contributed by atoms with van der Waals surface area (Å²) in [5, 5.41) is 0. The lowest BCUT2D eigenvalue weighted by Gasteiger charge is -2.33. The van der Waals surface area contributed by atoms with Gasteiger partial charge in [0.05, 0.1) is 19.3 Å². The summed E-state index contributed by atoms with van der Waals surface area (Å²) >= 11 is 0. The van der Waals surface area contributed by atoms with Gasteiger partial charge in [-0.2, -0.15) is 0 Å². The Kier molecular flexibility index (Phi) is 4.83. The number of hydrogen-bond donors (Lipinski definition) is 0. The molecule has 2 aliphatic heterocycles. The summed E-state index contributed by atoms with van der Waals surface area (Å²) in [5.41, 5.74) is 1.19. The molecule has 0 bridgehead atoms. The van der Waals surface area contributed by atoms with E-state index in [4.69, 9.17) is 14.2 Å². The lowest BCUT2D eigenvalue weighted by molar-refractivity contribution is -0.139. The first-order chi connectivity index (χ1) is 10.7. The molecule has 0 saturated carbocycles.